The summed E-state index contributed by atoms with van der Waals surface area (Å²) in [4.78, 5) is 14.0. The Morgan fingerprint density at radius 2 is 1.83 bits per heavy atom. The Hall–Kier alpha value is -2.73. The number of likely N-dealkylation sites (tertiary alicyclic amines) is 1. The average Bonchev–Trinajstić information content (AvgIpc) is 2.67. The largest absolute Gasteiger partial charge is 0.508 e. The molecule has 1 amide bonds. The average molecular weight is 397 g/mol. The van der Waals surface area contributed by atoms with E-state index in [1.807, 2.05) is 51.1 Å². The number of phenolic OH excluding ortho intramolecular Hbond substituents is 1. The van der Waals surface area contributed by atoms with Gasteiger partial charge in [-0.3, -0.25) is 0 Å². The number of amides is 1. The third-order valence-corrected chi connectivity index (χ3v) is 5.20. The van der Waals surface area contributed by atoms with Crippen molar-refractivity contribution in [2.45, 2.75) is 51.6 Å². The highest BCUT2D eigenvalue weighted by atomic mass is 16.7. The first kappa shape index (κ1) is 19.6. The van der Waals surface area contributed by atoms with Gasteiger partial charge in [0, 0.05) is 31.5 Å². The second-order valence-electron chi connectivity index (χ2n) is 8.64. The van der Waals surface area contributed by atoms with Crippen LogP contribution in [0.15, 0.2) is 42.5 Å². The van der Waals surface area contributed by atoms with Crippen LogP contribution in [0.1, 0.15) is 39.2 Å². The molecule has 1 fully saturated rings. The van der Waals surface area contributed by atoms with Crippen LogP contribution in [0.5, 0.6) is 11.5 Å². The van der Waals surface area contributed by atoms with Crippen molar-refractivity contribution in [2.24, 2.45) is 0 Å². The van der Waals surface area contributed by atoms with E-state index in [1.165, 1.54) is 0 Å². The Balaban J connectivity index is 1.44. The topological polar surface area (TPSA) is 68.2 Å². The molecule has 0 saturated carbocycles. The SMILES string of the molecule is CC(C)(C)OC(=O)N1CCC2(CC1)OCc1cc(-c3cccc(O)c3)ccc1O2. The van der Waals surface area contributed by atoms with E-state index in [9.17, 15) is 9.90 Å². The first-order valence-corrected chi connectivity index (χ1v) is 9.96. The van der Waals surface area contributed by atoms with Crippen molar-refractivity contribution in [1.29, 1.82) is 0 Å². The van der Waals surface area contributed by atoms with Crippen LogP contribution < -0.4 is 4.74 Å². The Bertz CT molecular complexity index is 910. The normalized spacial score (nSPS) is 18.1. The van der Waals surface area contributed by atoms with Crippen LogP contribution in [0.25, 0.3) is 11.1 Å². The molecule has 0 aliphatic carbocycles. The van der Waals surface area contributed by atoms with E-state index < -0.39 is 11.4 Å². The number of hydrogen-bond donors (Lipinski definition) is 1. The van der Waals surface area contributed by atoms with Gasteiger partial charge in [0.2, 0.25) is 5.79 Å². The van der Waals surface area contributed by atoms with Crippen LogP contribution in [0.4, 0.5) is 4.79 Å². The summed E-state index contributed by atoms with van der Waals surface area (Å²) in [7, 11) is 0. The first-order valence-electron chi connectivity index (χ1n) is 9.96. The molecule has 0 radical (unpaired) electrons. The van der Waals surface area contributed by atoms with Gasteiger partial charge < -0.3 is 24.2 Å². The standard InChI is InChI=1S/C23H27NO5/c1-22(2,3)29-21(26)24-11-9-23(10-12-24)27-15-18-13-17(7-8-20(18)28-23)16-5-4-6-19(25)14-16/h4-8,13-14,25H,9-12,15H2,1-3H3. The number of hydrogen-bond acceptors (Lipinski definition) is 5. The van der Waals surface area contributed by atoms with Crippen molar-refractivity contribution >= 4 is 6.09 Å². The van der Waals surface area contributed by atoms with Crippen molar-refractivity contribution in [3.8, 4) is 22.6 Å². The van der Waals surface area contributed by atoms with Gasteiger partial charge in [-0.25, -0.2) is 4.79 Å². The summed E-state index contributed by atoms with van der Waals surface area (Å²) in [5.41, 5.74) is 2.42. The molecule has 154 valence electrons. The summed E-state index contributed by atoms with van der Waals surface area (Å²) in [5, 5.41) is 9.72. The third kappa shape index (κ3) is 4.32. The minimum Gasteiger partial charge on any atom is -0.508 e. The van der Waals surface area contributed by atoms with Gasteiger partial charge in [0.15, 0.2) is 0 Å². The molecule has 0 bridgehead atoms. The van der Waals surface area contributed by atoms with Gasteiger partial charge in [0.1, 0.15) is 17.1 Å². The van der Waals surface area contributed by atoms with Gasteiger partial charge in [0.05, 0.1) is 6.61 Å². The number of aromatic hydroxyl groups is 1. The van der Waals surface area contributed by atoms with E-state index in [4.69, 9.17) is 14.2 Å². The summed E-state index contributed by atoms with van der Waals surface area (Å²) < 4.78 is 17.8. The fourth-order valence-corrected chi connectivity index (χ4v) is 3.70. The monoisotopic (exact) mass is 397 g/mol. The van der Waals surface area contributed by atoms with Crippen molar-refractivity contribution in [1.82, 2.24) is 4.90 Å². The number of fused-ring (bicyclic) bond motifs is 1. The molecule has 2 aromatic carbocycles. The summed E-state index contributed by atoms with van der Waals surface area (Å²) in [5.74, 6) is 0.354. The molecule has 2 aromatic rings. The van der Waals surface area contributed by atoms with Crippen molar-refractivity contribution < 1.29 is 24.1 Å². The zero-order valence-electron chi connectivity index (χ0n) is 17.1. The molecule has 2 aliphatic heterocycles. The number of carbonyl (C=O) groups is 1. The van der Waals surface area contributed by atoms with Crippen LogP contribution in [0.3, 0.4) is 0 Å². The molecule has 1 spiro atoms. The fraction of sp³-hybridized carbons (Fsp3) is 0.435. The highest BCUT2D eigenvalue weighted by molar-refractivity contribution is 5.68. The maximum Gasteiger partial charge on any atom is 0.410 e. The lowest BCUT2D eigenvalue weighted by atomic mass is 9.99. The number of piperidine rings is 1. The lowest BCUT2D eigenvalue weighted by molar-refractivity contribution is -0.226. The van der Waals surface area contributed by atoms with Gasteiger partial charge in [0.25, 0.3) is 0 Å². The highest BCUT2D eigenvalue weighted by Gasteiger charge is 2.42. The molecule has 0 aromatic heterocycles. The van der Waals surface area contributed by atoms with Crippen LogP contribution in [0, 0.1) is 0 Å². The Kier molecular flexibility index (Phi) is 4.90. The molecule has 29 heavy (non-hydrogen) atoms. The second kappa shape index (κ2) is 7.26. The number of carbonyl (C=O) groups excluding carboxylic acids is 1. The molecule has 2 heterocycles. The maximum absolute atomic E-state index is 12.3. The number of rotatable bonds is 1. The molecular formula is C23H27NO5. The number of phenols is 1. The molecule has 1 N–H and O–H groups in total. The number of ether oxygens (including phenoxy) is 3. The third-order valence-electron chi connectivity index (χ3n) is 5.20. The smallest absolute Gasteiger partial charge is 0.410 e. The zero-order valence-corrected chi connectivity index (χ0v) is 17.1. The van der Waals surface area contributed by atoms with E-state index in [2.05, 4.69) is 0 Å². The minimum atomic E-state index is -0.696. The Labute approximate surface area is 171 Å². The summed E-state index contributed by atoms with van der Waals surface area (Å²) in [6.45, 7) is 7.12. The van der Waals surface area contributed by atoms with E-state index in [0.717, 1.165) is 22.4 Å². The molecule has 0 unspecified atom stereocenters. The lowest BCUT2D eigenvalue weighted by Crippen LogP contribution is -2.53. The quantitative estimate of drug-likeness (QED) is 0.756. The molecule has 4 rings (SSSR count). The molecule has 6 heteroatoms. The minimum absolute atomic E-state index is 0.239. The molecule has 0 atom stereocenters. The second-order valence-corrected chi connectivity index (χ2v) is 8.64. The summed E-state index contributed by atoms with van der Waals surface area (Å²) in [6, 6.07) is 13.2. The molecule has 1 saturated heterocycles. The van der Waals surface area contributed by atoms with E-state index in [1.54, 1.807) is 17.0 Å². The molecular weight excluding hydrogens is 370 g/mol. The van der Waals surface area contributed by atoms with Gasteiger partial charge >= 0.3 is 6.09 Å². The van der Waals surface area contributed by atoms with Gasteiger partial charge in [-0.2, -0.15) is 0 Å². The van der Waals surface area contributed by atoms with Gasteiger partial charge in [-0.15, -0.1) is 0 Å². The van der Waals surface area contributed by atoms with Crippen LogP contribution >= 0.6 is 0 Å². The summed E-state index contributed by atoms with van der Waals surface area (Å²) in [6.07, 6.45) is 0.902. The predicted molar refractivity (Wildman–Crippen MR) is 109 cm³/mol. The van der Waals surface area contributed by atoms with Crippen LogP contribution in [-0.4, -0.2) is 40.6 Å². The molecule has 6 nitrogen and oxygen atoms in total. The van der Waals surface area contributed by atoms with E-state index in [-0.39, 0.29) is 11.8 Å². The number of benzene rings is 2. The van der Waals surface area contributed by atoms with Gasteiger partial charge in [-0.05, 0) is 56.2 Å². The van der Waals surface area contributed by atoms with E-state index >= 15 is 0 Å². The number of nitrogens with zero attached hydrogens (tertiary/aromatic N) is 1. The Morgan fingerprint density at radius 1 is 1.10 bits per heavy atom. The van der Waals surface area contributed by atoms with Crippen LogP contribution in [0.2, 0.25) is 0 Å². The highest BCUT2D eigenvalue weighted by Crippen LogP contribution is 2.39. The fourth-order valence-electron chi connectivity index (χ4n) is 3.70. The zero-order chi connectivity index (χ0) is 20.6. The van der Waals surface area contributed by atoms with E-state index in [0.29, 0.717) is 32.5 Å². The van der Waals surface area contributed by atoms with Crippen molar-refractivity contribution in [2.75, 3.05) is 13.1 Å². The van der Waals surface area contributed by atoms with Crippen LogP contribution in [-0.2, 0) is 16.1 Å². The molecule has 2 aliphatic rings. The maximum atomic E-state index is 12.3. The van der Waals surface area contributed by atoms with Crippen molar-refractivity contribution in [3.63, 3.8) is 0 Å². The summed E-state index contributed by atoms with van der Waals surface area (Å²) >= 11 is 0. The predicted octanol–water partition coefficient (Wildman–Crippen LogP) is 4.70. The Morgan fingerprint density at radius 3 is 2.52 bits per heavy atom. The lowest BCUT2D eigenvalue weighted by Gasteiger charge is -2.44. The van der Waals surface area contributed by atoms with Gasteiger partial charge in [-0.1, -0.05) is 18.2 Å². The van der Waals surface area contributed by atoms with Crippen molar-refractivity contribution in [3.05, 3.63) is 48.0 Å². The first-order chi connectivity index (χ1) is 13.7.